The van der Waals surface area contributed by atoms with E-state index in [-0.39, 0.29) is 25.9 Å². The molecule has 0 atom stereocenters. The van der Waals surface area contributed by atoms with Crippen LogP contribution < -0.4 is 0 Å². The fraction of sp³-hybridized carbons (Fsp3) is 0.812. The van der Waals surface area contributed by atoms with Gasteiger partial charge in [-0.3, -0.25) is 0 Å². The summed E-state index contributed by atoms with van der Waals surface area (Å²) < 4.78 is 22.5. The van der Waals surface area contributed by atoms with Crippen LogP contribution in [0.15, 0.2) is 0 Å². The highest BCUT2D eigenvalue weighted by Gasteiger charge is 2.34. The molecule has 0 saturated heterocycles. The predicted molar refractivity (Wildman–Crippen MR) is 82.1 cm³/mol. The molecule has 0 aliphatic heterocycles. The van der Waals surface area contributed by atoms with E-state index in [1.54, 1.807) is 0 Å². The molecule has 23 heavy (non-hydrogen) atoms. The Morgan fingerprint density at radius 3 is 1.35 bits per heavy atom. The second-order valence-corrected chi connectivity index (χ2v) is 5.23. The van der Waals surface area contributed by atoms with Crippen molar-refractivity contribution < 1.29 is 18.9 Å². The molecule has 0 aliphatic rings. The zero-order chi connectivity index (χ0) is 17.4. The zero-order valence-corrected chi connectivity index (χ0v) is 13.9. The molecular weight excluding hydrogens is 298 g/mol. The van der Waals surface area contributed by atoms with Gasteiger partial charge in [-0.25, -0.2) is 0 Å². The van der Waals surface area contributed by atoms with Crippen LogP contribution in [0.5, 0.6) is 0 Å². The summed E-state index contributed by atoms with van der Waals surface area (Å²) in [5.41, 5.74) is -0.825. The summed E-state index contributed by atoms with van der Waals surface area (Å²) in [5.74, 6) is 0. The largest absolute Gasteiger partial charge is 0.377 e. The molecular formula is C16H25N3O4. The van der Waals surface area contributed by atoms with Crippen LogP contribution in [-0.4, -0.2) is 51.3 Å². The van der Waals surface area contributed by atoms with E-state index >= 15 is 0 Å². The topological polar surface area (TPSA) is 108 Å². The maximum atomic E-state index is 8.57. The van der Waals surface area contributed by atoms with Gasteiger partial charge in [0.2, 0.25) is 0 Å². The Morgan fingerprint density at radius 1 is 0.739 bits per heavy atom. The molecule has 0 unspecified atom stereocenters. The van der Waals surface area contributed by atoms with Crippen LogP contribution in [0.2, 0.25) is 0 Å². The molecule has 0 heterocycles. The van der Waals surface area contributed by atoms with Crippen LogP contribution in [0, 0.1) is 34.0 Å². The molecule has 0 amide bonds. The highest BCUT2D eigenvalue weighted by atomic mass is 16.6. The van der Waals surface area contributed by atoms with Gasteiger partial charge in [-0.1, -0.05) is 0 Å². The molecule has 0 fully saturated rings. The number of nitriles is 3. The third kappa shape index (κ3) is 11.5. The molecule has 0 aromatic heterocycles. The van der Waals surface area contributed by atoms with Crippen molar-refractivity contribution in [1.82, 2.24) is 0 Å². The Bertz CT molecular complexity index is 365. The second kappa shape index (κ2) is 13.9. The van der Waals surface area contributed by atoms with Crippen molar-refractivity contribution in [3.63, 3.8) is 0 Å². The van der Waals surface area contributed by atoms with E-state index in [1.807, 2.05) is 32.1 Å². The first kappa shape index (κ1) is 21.3. The van der Waals surface area contributed by atoms with Crippen molar-refractivity contribution in [2.75, 3.05) is 39.6 Å². The van der Waals surface area contributed by atoms with Gasteiger partial charge >= 0.3 is 0 Å². The number of hydrogen-bond donors (Lipinski definition) is 0. The SMILES string of the molecule is CC(C)OC(COCCC#N)(COCCC#N)COCCC#N. The van der Waals surface area contributed by atoms with Crippen LogP contribution in [0.3, 0.4) is 0 Å². The fourth-order valence-corrected chi connectivity index (χ4v) is 1.86. The standard InChI is InChI=1S/C16H25N3O4/c1-15(2)23-16(12-20-9-3-6-17,13-21-10-4-7-18)14-22-11-5-8-19/h15H,3-5,9-14H2,1-2H3. The Labute approximate surface area is 138 Å². The van der Waals surface area contributed by atoms with E-state index in [9.17, 15) is 0 Å². The summed E-state index contributed by atoms with van der Waals surface area (Å²) >= 11 is 0. The van der Waals surface area contributed by atoms with Crippen molar-refractivity contribution in [3.8, 4) is 18.2 Å². The van der Waals surface area contributed by atoms with Gasteiger partial charge in [0.1, 0.15) is 5.60 Å². The van der Waals surface area contributed by atoms with E-state index in [4.69, 9.17) is 34.7 Å². The van der Waals surface area contributed by atoms with Crippen molar-refractivity contribution in [2.24, 2.45) is 0 Å². The molecule has 0 N–H and O–H groups in total. The minimum atomic E-state index is -0.825. The second-order valence-electron chi connectivity index (χ2n) is 5.23. The molecule has 0 rings (SSSR count). The minimum absolute atomic E-state index is 0.0753. The molecule has 0 saturated carbocycles. The Morgan fingerprint density at radius 2 is 1.09 bits per heavy atom. The minimum Gasteiger partial charge on any atom is -0.377 e. The first-order chi connectivity index (χ1) is 11.1. The average molecular weight is 323 g/mol. The van der Waals surface area contributed by atoms with Crippen molar-refractivity contribution in [2.45, 2.75) is 44.8 Å². The lowest BCUT2D eigenvalue weighted by atomic mass is 10.1. The van der Waals surface area contributed by atoms with Crippen LogP contribution in [0.25, 0.3) is 0 Å². The van der Waals surface area contributed by atoms with Gasteiger partial charge in [-0.15, -0.1) is 0 Å². The fourth-order valence-electron chi connectivity index (χ4n) is 1.86. The van der Waals surface area contributed by atoms with Crippen LogP contribution in [-0.2, 0) is 18.9 Å². The molecule has 7 nitrogen and oxygen atoms in total. The van der Waals surface area contributed by atoms with Gasteiger partial charge in [0.15, 0.2) is 0 Å². The van der Waals surface area contributed by atoms with Crippen molar-refractivity contribution in [1.29, 1.82) is 15.8 Å². The van der Waals surface area contributed by atoms with Gasteiger partial charge < -0.3 is 18.9 Å². The summed E-state index contributed by atoms with van der Waals surface area (Å²) in [4.78, 5) is 0. The Balaban J connectivity index is 4.70. The monoisotopic (exact) mass is 323 g/mol. The van der Waals surface area contributed by atoms with E-state index < -0.39 is 5.60 Å². The van der Waals surface area contributed by atoms with Gasteiger partial charge in [-0.2, -0.15) is 15.8 Å². The normalized spacial score (nSPS) is 11.0. The highest BCUT2D eigenvalue weighted by molar-refractivity contribution is 4.83. The van der Waals surface area contributed by atoms with Crippen LogP contribution >= 0.6 is 0 Å². The van der Waals surface area contributed by atoms with Gasteiger partial charge in [0, 0.05) is 0 Å². The number of ether oxygens (including phenoxy) is 4. The molecule has 0 aliphatic carbocycles. The van der Waals surface area contributed by atoms with Gasteiger partial charge in [0.25, 0.3) is 0 Å². The summed E-state index contributed by atoms with van der Waals surface area (Å²) in [7, 11) is 0. The highest BCUT2D eigenvalue weighted by Crippen LogP contribution is 2.17. The molecule has 128 valence electrons. The lowest BCUT2D eigenvalue weighted by Gasteiger charge is -2.34. The Hall–Kier alpha value is -1.69. The number of nitrogens with zero attached hydrogens (tertiary/aromatic N) is 3. The first-order valence-corrected chi connectivity index (χ1v) is 7.62. The molecule has 0 aromatic rings. The van der Waals surface area contributed by atoms with Gasteiger partial charge in [0.05, 0.1) is 83.2 Å². The van der Waals surface area contributed by atoms with E-state index in [1.165, 1.54) is 0 Å². The number of hydrogen-bond acceptors (Lipinski definition) is 7. The summed E-state index contributed by atoms with van der Waals surface area (Å²) in [6.45, 7) is 5.34. The molecule has 0 spiro atoms. The average Bonchev–Trinajstić information content (AvgIpc) is 2.52. The third-order valence-electron chi connectivity index (χ3n) is 2.66. The van der Waals surface area contributed by atoms with E-state index in [0.29, 0.717) is 39.1 Å². The lowest BCUT2D eigenvalue weighted by Crippen LogP contribution is -2.49. The van der Waals surface area contributed by atoms with Gasteiger partial charge in [-0.05, 0) is 13.8 Å². The third-order valence-corrected chi connectivity index (χ3v) is 2.66. The van der Waals surface area contributed by atoms with Crippen molar-refractivity contribution >= 4 is 0 Å². The van der Waals surface area contributed by atoms with Crippen LogP contribution in [0.1, 0.15) is 33.1 Å². The maximum absolute atomic E-state index is 8.57. The maximum Gasteiger partial charge on any atom is 0.138 e. The predicted octanol–water partition coefficient (Wildman–Crippen LogP) is 1.94. The van der Waals surface area contributed by atoms with Crippen molar-refractivity contribution in [3.05, 3.63) is 0 Å². The summed E-state index contributed by atoms with van der Waals surface area (Å²) in [5, 5.41) is 25.7. The smallest absolute Gasteiger partial charge is 0.138 e. The summed E-state index contributed by atoms with van der Waals surface area (Å²) in [6, 6.07) is 6.04. The zero-order valence-electron chi connectivity index (χ0n) is 13.9. The van der Waals surface area contributed by atoms with E-state index in [0.717, 1.165) is 0 Å². The summed E-state index contributed by atoms with van der Waals surface area (Å²) in [6.07, 6.45) is 0.807. The van der Waals surface area contributed by atoms with E-state index in [2.05, 4.69) is 0 Å². The molecule has 0 aromatic carbocycles. The number of rotatable bonds is 14. The quantitative estimate of drug-likeness (QED) is 0.449. The van der Waals surface area contributed by atoms with Crippen LogP contribution in [0.4, 0.5) is 0 Å². The molecule has 0 radical (unpaired) electrons. The molecule has 0 bridgehead atoms. The first-order valence-electron chi connectivity index (χ1n) is 7.62. The molecule has 7 heteroatoms. The lowest BCUT2D eigenvalue weighted by molar-refractivity contribution is -0.182. The Kier molecular flexibility index (Phi) is 12.9.